The van der Waals surface area contributed by atoms with Crippen molar-refractivity contribution in [3.8, 4) is 0 Å². The van der Waals surface area contributed by atoms with E-state index in [0.717, 1.165) is 29.7 Å². The lowest BCUT2D eigenvalue weighted by atomic mass is 10.1. The molecular weight excluding hydrogens is 432 g/mol. The number of benzene rings is 2. The number of rotatable bonds is 13. The second-order valence-electron chi connectivity index (χ2n) is 7.73. The summed E-state index contributed by atoms with van der Waals surface area (Å²) in [6.07, 6.45) is 12.3. The second kappa shape index (κ2) is 17.8. The van der Waals surface area contributed by atoms with Gasteiger partial charge in [-0.1, -0.05) is 101 Å². The molecule has 4 heteroatoms. The quantitative estimate of drug-likeness (QED) is 0.307. The Morgan fingerprint density at radius 2 is 1.51 bits per heavy atom. The van der Waals surface area contributed by atoms with E-state index < -0.39 is 0 Å². The lowest BCUT2D eigenvalue weighted by molar-refractivity contribution is -0.121. The van der Waals surface area contributed by atoms with E-state index >= 15 is 0 Å². The predicted molar refractivity (Wildman–Crippen MR) is 150 cm³/mol. The van der Waals surface area contributed by atoms with E-state index in [9.17, 15) is 9.59 Å². The Morgan fingerprint density at radius 3 is 2.11 bits per heavy atom. The fourth-order valence-corrected chi connectivity index (χ4v) is 3.21. The lowest BCUT2D eigenvalue weighted by Gasteiger charge is -2.07. The smallest absolute Gasteiger partial charge is 0.224 e. The van der Waals surface area contributed by atoms with E-state index in [-0.39, 0.29) is 11.8 Å². The van der Waals surface area contributed by atoms with Crippen LogP contribution in [0.15, 0.2) is 91.6 Å². The standard InChI is InChI=1S/C29H34N2O2.C2H6/c1-4-8-23(5-2)11-14-25-17-19-27(20-18-25)31-29(33)10-7-9-28(32)30-22-21-26-15-12-24(6-3)13-16-26;1-2/h4-5,8,11-20H,1-2,6-7,9-10,21-22H2,3H3,(H,30,32)(H,31,33);1-2H3/b14-11+,23-8+;. The van der Waals surface area contributed by atoms with Crippen molar-refractivity contribution in [1.82, 2.24) is 5.32 Å². The number of hydrogen-bond acceptors (Lipinski definition) is 2. The highest BCUT2D eigenvalue weighted by atomic mass is 16.2. The van der Waals surface area contributed by atoms with Crippen LogP contribution in [-0.2, 0) is 22.4 Å². The number of allylic oxidation sites excluding steroid dienone is 5. The van der Waals surface area contributed by atoms with Crippen LogP contribution < -0.4 is 10.6 Å². The van der Waals surface area contributed by atoms with Crippen molar-refractivity contribution in [1.29, 1.82) is 0 Å². The van der Waals surface area contributed by atoms with Crippen molar-refractivity contribution < 1.29 is 9.59 Å². The molecule has 4 nitrogen and oxygen atoms in total. The zero-order chi connectivity index (χ0) is 25.9. The van der Waals surface area contributed by atoms with Gasteiger partial charge in [0.15, 0.2) is 0 Å². The Morgan fingerprint density at radius 1 is 0.886 bits per heavy atom. The van der Waals surface area contributed by atoms with Gasteiger partial charge in [-0.3, -0.25) is 9.59 Å². The summed E-state index contributed by atoms with van der Waals surface area (Å²) in [4.78, 5) is 24.2. The summed E-state index contributed by atoms with van der Waals surface area (Å²) >= 11 is 0. The minimum Gasteiger partial charge on any atom is -0.356 e. The fourth-order valence-electron chi connectivity index (χ4n) is 3.21. The van der Waals surface area contributed by atoms with Crippen LogP contribution in [0.3, 0.4) is 0 Å². The molecular formula is C31H40N2O2. The van der Waals surface area contributed by atoms with Gasteiger partial charge in [0, 0.05) is 25.1 Å². The number of nitrogens with one attached hydrogen (secondary N) is 2. The van der Waals surface area contributed by atoms with Gasteiger partial charge in [0.05, 0.1) is 0 Å². The van der Waals surface area contributed by atoms with Gasteiger partial charge in [-0.25, -0.2) is 0 Å². The Balaban J connectivity index is 0.00000298. The predicted octanol–water partition coefficient (Wildman–Crippen LogP) is 7.05. The van der Waals surface area contributed by atoms with Gasteiger partial charge in [0.2, 0.25) is 11.8 Å². The molecule has 0 spiro atoms. The molecule has 0 bridgehead atoms. The fraction of sp³-hybridized carbons (Fsp3) is 0.290. The summed E-state index contributed by atoms with van der Waals surface area (Å²) in [6.45, 7) is 14.2. The Bertz CT molecular complexity index is 984. The third-order valence-electron chi connectivity index (χ3n) is 5.18. The molecule has 0 fully saturated rings. The van der Waals surface area contributed by atoms with E-state index in [4.69, 9.17) is 0 Å². The topological polar surface area (TPSA) is 58.2 Å². The molecule has 0 heterocycles. The molecule has 0 unspecified atom stereocenters. The first-order chi connectivity index (χ1) is 17.0. The average molecular weight is 473 g/mol. The van der Waals surface area contributed by atoms with Crippen LogP contribution in [0.1, 0.15) is 56.7 Å². The Hall–Kier alpha value is -3.66. The summed E-state index contributed by atoms with van der Waals surface area (Å²) < 4.78 is 0. The van der Waals surface area contributed by atoms with Gasteiger partial charge in [0.25, 0.3) is 0 Å². The van der Waals surface area contributed by atoms with Crippen molar-refractivity contribution in [3.05, 3.63) is 108 Å². The number of carbonyl (C=O) groups is 2. The summed E-state index contributed by atoms with van der Waals surface area (Å²) in [5.41, 5.74) is 5.25. The molecule has 0 atom stereocenters. The highest BCUT2D eigenvalue weighted by molar-refractivity contribution is 5.91. The molecule has 0 aliphatic rings. The number of hydrogen-bond donors (Lipinski definition) is 2. The molecule has 2 amide bonds. The van der Waals surface area contributed by atoms with Crippen LogP contribution in [0.2, 0.25) is 0 Å². The molecule has 2 aromatic rings. The maximum Gasteiger partial charge on any atom is 0.224 e. The van der Waals surface area contributed by atoms with Crippen molar-refractivity contribution in [2.24, 2.45) is 0 Å². The highest BCUT2D eigenvalue weighted by Crippen LogP contribution is 2.13. The average Bonchev–Trinajstić information content (AvgIpc) is 2.89. The zero-order valence-corrected chi connectivity index (χ0v) is 21.5. The number of anilines is 1. The van der Waals surface area contributed by atoms with Crippen molar-refractivity contribution >= 4 is 23.6 Å². The summed E-state index contributed by atoms with van der Waals surface area (Å²) in [5, 5.41) is 5.81. The first-order valence-corrected chi connectivity index (χ1v) is 12.4. The third-order valence-corrected chi connectivity index (χ3v) is 5.18. The van der Waals surface area contributed by atoms with E-state index in [2.05, 4.69) is 55.0 Å². The lowest BCUT2D eigenvalue weighted by Crippen LogP contribution is -2.25. The molecule has 2 rings (SSSR count). The molecule has 0 aliphatic carbocycles. The SMILES string of the molecule is C=C/C=C(C=C)/C=C/c1ccc(NC(=O)CCCC(=O)NCCc2ccc(CC)cc2)cc1.CC. The summed E-state index contributed by atoms with van der Waals surface area (Å²) in [5.74, 6) is -0.113. The van der Waals surface area contributed by atoms with Gasteiger partial charge >= 0.3 is 0 Å². The highest BCUT2D eigenvalue weighted by Gasteiger charge is 2.06. The van der Waals surface area contributed by atoms with Gasteiger partial charge < -0.3 is 10.6 Å². The van der Waals surface area contributed by atoms with Crippen LogP contribution in [0.5, 0.6) is 0 Å². The monoisotopic (exact) mass is 472 g/mol. The van der Waals surface area contributed by atoms with E-state index in [1.807, 2.05) is 56.3 Å². The number of amides is 2. The molecule has 0 aromatic heterocycles. The number of aryl methyl sites for hydroxylation is 1. The van der Waals surface area contributed by atoms with E-state index in [1.54, 1.807) is 12.2 Å². The van der Waals surface area contributed by atoms with Crippen LogP contribution >= 0.6 is 0 Å². The number of carbonyl (C=O) groups excluding carboxylic acids is 2. The van der Waals surface area contributed by atoms with Crippen molar-refractivity contribution in [2.75, 3.05) is 11.9 Å². The second-order valence-corrected chi connectivity index (χ2v) is 7.73. The first-order valence-electron chi connectivity index (χ1n) is 12.4. The van der Waals surface area contributed by atoms with Gasteiger partial charge in [0.1, 0.15) is 0 Å². The summed E-state index contributed by atoms with van der Waals surface area (Å²) in [6, 6.07) is 16.1. The van der Waals surface area contributed by atoms with Gasteiger partial charge in [-0.15, -0.1) is 0 Å². The molecule has 186 valence electrons. The molecule has 35 heavy (non-hydrogen) atoms. The van der Waals surface area contributed by atoms with Crippen LogP contribution in [-0.4, -0.2) is 18.4 Å². The van der Waals surface area contributed by atoms with E-state index in [0.29, 0.717) is 25.8 Å². The molecule has 0 radical (unpaired) electrons. The van der Waals surface area contributed by atoms with Crippen molar-refractivity contribution in [3.63, 3.8) is 0 Å². The molecule has 2 aromatic carbocycles. The Labute approximate surface area is 211 Å². The molecule has 0 saturated carbocycles. The van der Waals surface area contributed by atoms with Crippen LogP contribution in [0.4, 0.5) is 5.69 Å². The Kier molecular flexibility index (Phi) is 14.9. The van der Waals surface area contributed by atoms with E-state index in [1.165, 1.54) is 11.1 Å². The van der Waals surface area contributed by atoms with Crippen LogP contribution in [0.25, 0.3) is 6.08 Å². The maximum absolute atomic E-state index is 12.2. The largest absolute Gasteiger partial charge is 0.356 e. The van der Waals surface area contributed by atoms with Crippen molar-refractivity contribution in [2.45, 2.75) is 52.9 Å². The normalized spacial score (nSPS) is 10.8. The minimum absolute atomic E-state index is 0.0199. The van der Waals surface area contributed by atoms with Gasteiger partial charge in [-0.05, 0) is 53.7 Å². The van der Waals surface area contributed by atoms with Gasteiger partial charge in [-0.2, -0.15) is 0 Å². The summed E-state index contributed by atoms with van der Waals surface area (Å²) in [7, 11) is 0. The minimum atomic E-state index is -0.0926. The van der Waals surface area contributed by atoms with Crippen LogP contribution in [0, 0.1) is 0 Å². The molecule has 2 N–H and O–H groups in total. The maximum atomic E-state index is 12.2. The molecule has 0 aliphatic heterocycles. The molecule has 0 saturated heterocycles. The zero-order valence-electron chi connectivity index (χ0n) is 21.5. The first kappa shape index (κ1) is 29.4. The third kappa shape index (κ3) is 12.4.